The highest BCUT2D eigenvalue weighted by Gasteiger charge is 2.41. The summed E-state index contributed by atoms with van der Waals surface area (Å²) in [5.74, 6) is -0.0307. The van der Waals surface area contributed by atoms with Crippen molar-refractivity contribution in [3.05, 3.63) is 98.8 Å². The van der Waals surface area contributed by atoms with Gasteiger partial charge in [-0.25, -0.2) is 4.79 Å². The summed E-state index contributed by atoms with van der Waals surface area (Å²) < 4.78 is 53.8. The highest BCUT2D eigenvalue weighted by atomic mass is 35.5. The first-order chi connectivity index (χ1) is 20.7. The van der Waals surface area contributed by atoms with Gasteiger partial charge in [0.1, 0.15) is 10.8 Å². The third kappa shape index (κ3) is 5.52. The molecule has 1 atom stereocenters. The molecule has 1 saturated heterocycles. The molecule has 0 spiro atoms. The Morgan fingerprint density at radius 2 is 1.77 bits per heavy atom. The number of ether oxygens (including phenoxy) is 2. The van der Waals surface area contributed by atoms with Gasteiger partial charge < -0.3 is 14.4 Å². The van der Waals surface area contributed by atoms with E-state index in [-0.39, 0.29) is 29.5 Å². The van der Waals surface area contributed by atoms with Crippen molar-refractivity contribution in [3.8, 4) is 11.1 Å². The predicted octanol–water partition coefficient (Wildman–Crippen LogP) is 6.89. The number of rotatable bonds is 6. The van der Waals surface area contributed by atoms with Crippen molar-refractivity contribution in [2.45, 2.75) is 31.5 Å². The standard InChI is InChI=1S/C33H30ClF3N2O4/c1-42-32(41)27-19-38(18-20-12-14-43-15-13-20)30-28(23-9-5-10-24(16-23)33(35,36)37)26(29(34)31(40)39(27)30)17-22-8-4-7-21-6-2-3-11-25(21)22/h2-11,16,20,27H,12-15,17-19H2,1H3. The first-order valence-electron chi connectivity index (χ1n) is 14.2. The molecule has 10 heteroatoms. The van der Waals surface area contributed by atoms with Crippen LogP contribution in [-0.2, 0) is 26.9 Å². The zero-order chi connectivity index (χ0) is 30.3. The fraction of sp³-hybridized carbons (Fsp3) is 0.333. The van der Waals surface area contributed by atoms with Crippen LogP contribution in [0.5, 0.6) is 0 Å². The van der Waals surface area contributed by atoms with Crippen LogP contribution < -0.4 is 10.5 Å². The summed E-state index contributed by atoms with van der Waals surface area (Å²) in [5, 5.41) is 1.80. The molecular weight excluding hydrogens is 581 g/mol. The van der Waals surface area contributed by atoms with Gasteiger partial charge in [0.2, 0.25) is 0 Å². The number of carbonyl (C=O) groups excluding carboxylic acids is 1. The highest BCUT2D eigenvalue weighted by Crippen LogP contribution is 2.44. The van der Waals surface area contributed by atoms with E-state index in [9.17, 15) is 22.8 Å². The van der Waals surface area contributed by atoms with Gasteiger partial charge in [-0.15, -0.1) is 0 Å². The Kier molecular flexibility index (Phi) is 7.96. The molecule has 3 heterocycles. The zero-order valence-corrected chi connectivity index (χ0v) is 24.3. The van der Waals surface area contributed by atoms with E-state index in [1.54, 1.807) is 6.07 Å². The lowest BCUT2D eigenvalue weighted by atomic mass is 9.91. The predicted molar refractivity (Wildman–Crippen MR) is 160 cm³/mol. The third-order valence-electron chi connectivity index (χ3n) is 8.45. The third-order valence-corrected chi connectivity index (χ3v) is 8.84. The van der Waals surface area contributed by atoms with E-state index in [4.69, 9.17) is 21.1 Å². The summed E-state index contributed by atoms with van der Waals surface area (Å²) in [6.45, 7) is 1.83. The molecule has 2 aliphatic heterocycles. The maximum absolute atomic E-state index is 14.0. The topological polar surface area (TPSA) is 60.8 Å². The van der Waals surface area contributed by atoms with Gasteiger partial charge in [0.25, 0.3) is 5.56 Å². The minimum atomic E-state index is -4.58. The molecule has 1 unspecified atom stereocenters. The Morgan fingerprint density at radius 3 is 2.51 bits per heavy atom. The van der Waals surface area contributed by atoms with Crippen LogP contribution in [0.1, 0.15) is 35.6 Å². The van der Waals surface area contributed by atoms with Gasteiger partial charge in [-0.2, -0.15) is 13.2 Å². The summed E-state index contributed by atoms with van der Waals surface area (Å²) in [5.41, 5.74) is 0.556. The molecule has 1 fully saturated rings. The number of nitrogens with zero attached hydrogens (tertiary/aromatic N) is 2. The fourth-order valence-electron chi connectivity index (χ4n) is 6.35. The number of carbonyl (C=O) groups is 1. The molecule has 4 aromatic rings. The molecule has 1 aromatic heterocycles. The maximum atomic E-state index is 14.0. The zero-order valence-electron chi connectivity index (χ0n) is 23.5. The van der Waals surface area contributed by atoms with Crippen LogP contribution in [0.3, 0.4) is 0 Å². The molecule has 2 aliphatic rings. The average Bonchev–Trinajstić information content (AvgIpc) is 3.38. The molecule has 0 radical (unpaired) electrons. The van der Waals surface area contributed by atoms with Gasteiger partial charge >= 0.3 is 12.1 Å². The first-order valence-corrected chi connectivity index (χ1v) is 14.6. The number of hydrogen-bond acceptors (Lipinski definition) is 5. The summed E-state index contributed by atoms with van der Waals surface area (Å²) in [6, 6.07) is 17.6. The molecule has 0 aliphatic carbocycles. The normalized spacial score (nSPS) is 17.3. The Morgan fingerprint density at radius 1 is 1.05 bits per heavy atom. The van der Waals surface area contributed by atoms with Gasteiger partial charge in [0, 0.05) is 31.7 Å². The first kappa shape index (κ1) is 29.3. The van der Waals surface area contributed by atoms with Crippen molar-refractivity contribution in [2.24, 2.45) is 5.92 Å². The lowest BCUT2D eigenvalue weighted by Gasteiger charge is -2.30. The molecular formula is C33H30ClF3N2O4. The molecule has 43 heavy (non-hydrogen) atoms. The number of halogens is 4. The Bertz CT molecular complexity index is 1740. The Hall–Kier alpha value is -3.82. The summed E-state index contributed by atoms with van der Waals surface area (Å²) in [7, 11) is 1.25. The summed E-state index contributed by atoms with van der Waals surface area (Å²) in [6.07, 6.45) is -2.80. The molecule has 3 aromatic carbocycles. The lowest BCUT2D eigenvalue weighted by Crippen LogP contribution is -2.33. The van der Waals surface area contributed by atoms with Gasteiger partial charge in [-0.05, 0) is 58.4 Å². The number of esters is 1. The Labute approximate surface area is 251 Å². The summed E-state index contributed by atoms with van der Waals surface area (Å²) in [4.78, 5) is 29.0. The summed E-state index contributed by atoms with van der Waals surface area (Å²) >= 11 is 6.87. The quantitative estimate of drug-likeness (QED) is 0.223. The van der Waals surface area contributed by atoms with Crippen LogP contribution in [0.2, 0.25) is 5.02 Å². The van der Waals surface area contributed by atoms with Crippen LogP contribution in [0.25, 0.3) is 21.9 Å². The number of anilines is 1. The number of alkyl halides is 3. The van der Waals surface area contributed by atoms with Crippen molar-refractivity contribution in [1.82, 2.24) is 4.57 Å². The Balaban J connectivity index is 1.63. The second kappa shape index (κ2) is 11.7. The van der Waals surface area contributed by atoms with E-state index >= 15 is 0 Å². The van der Waals surface area contributed by atoms with Crippen LogP contribution in [0.15, 0.2) is 71.5 Å². The fourth-order valence-corrected chi connectivity index (χ4v) is 6.60. The highest BCUT2D eigenvalue weighted by molar-refractivity contribution is 6.32. The molecule has 6 rings (SSSR count). The average molecular weight is 611 g/mol. The van der Waals surface area contributed by atoms with Crippen molar-refractivity contribution < 1.29 is 27.4 Å². The minimum Gasteiger partial charge on any atom is -0.467 e. The second-order valence-corrected chi connectivity index (χ2v) is 11.4. The lowest BCUT2D eigenvalue weighted by molar-refractivity contribution is -0.144. The van der Waals surface area contributed by atoms with E-state index in [0.717, 1.165) is 41.3 Å². The van der Waals surface area contributed by atoms with Crippen molar-refractivity contribution in [3.63, 3.8) is 0 Å². The van der Waals surface area contributed by atoms with E-state index in [1.165, 1.54) is 17.7 Å². The van der Waals surface area contributed by atoms with Crippen LogP contribution in [0, 0.1) is 5.92 Å². The van der Waals surface area contributed by atoms with Crippen molar-refractivity contribution in [2.75, 3.05) is 38.3 Å². The van der Waals surface area contributed by atoms with E-state index in [0.29, 0.717) is 36.7 Å². The number of hydrogen-bond donors (Lipinski definition) is 0. The number of benzene rings is 3. The minimum absolute atomic E-state index is 0.133. The number of pyridine rings is 1. The smallest absolute Gasteiger partial charge is 0.416 e. The molecule has 0 bridgehead atoms. The maximum Gasteiger partial charge on any atom is 0.416 e. The molecule has 6 nitrogen and oxygen atoms in total. The van der Waals surface area contributed by atoms with Crippen molar-refractivity contribution >= 4 is 34.2 Å². The van der Waals surface area contributed by atoms with Crippen LogP contribution in [-0.4, -0.2) is 43.9 Å². The van der Waals surface area contributed by atoms with Crippen molar-refractivity contribution in [1.29, 1.82) is 0 Å². The molecule has 0 N–H and O–H groups in total. The molecule has 0 saturated carbocycles. The van der Waals surface area contributed by atoms with E-state index in [1.807, 2.05) is 47.4 Å². The largest absolute Gasteiger partial charge is 0.467 e. The molecule has 224 valence electrons. The second-order valence-electron chi connectivity index (χ2n) is 11.1. The number of fused-ring (bicyclic) bond motifs is 2. The van der Waals surface area contributed by atoms with Gasteiger partial charge in [0.05, 0.1) is 19.2 Å². The van der Waals surface area contributed by atoms with Crippen LogP contribution >= 0.6 is 11.6 Å². The number of methoxy groups -OCH3 is 1. The SMILES string of the molecule is COC(=O)C1CN(CC2CCOCC2)c2c(-c3cccc(C(F)(F)F)c3)c(Cc3cccc4ccccc34)c(Cl)c(=O)n21. The van der Waals surface area contributed by atoms with Crippen LogP contribution in [0.4, 0.5) is 19.0 Å². The van der Waals surface area contributed by atoms with Gasteiger partial charge in [0.15, 0.2) is 6.04 Å². The molecule has 0 amide bonds. The van der Waals surface area contributed by atoms with E-state index < -0.39 is 29.3 Å². The van der Waals surface area contributed by atoms with E-state index in [2.05, 4.69) is 0 Å². The number of aromatic nitrogens is 1. The van der Waals surface area contributed by atoms with Gasteiger partial charge in [-0.1, -0.05) is 66.2 Å². The monoisotopic (exact) mass is 610 g/mol. The van der Waals surface area contributed by atoms with Gasteiger partial charge in [-0.3, -0.25) is 9.36 Å².